The van der Waals surface area contributed by atoms with Gasteiger partial charge in [-0.2, -0.15) is 0 Å². The fraction of sp³-hybridized carbons (Fsp3) is 0.706. The normalized spacial score (nSPS) is 24.1. The van der Waals surface area contributed by atoms with E-state index in [1.54, 1.807) is 0 Å². The van der Waals surface area contributed by atoms with E-state index < -0.39 is 0 Å². The SMILES string of the molecule is CC1C=C(NC(=O)OC(C)(C)C2CCCCC2)C=CC1. The highest BCUT2D eigenvalue weighted by Gasteiger charge is 2.34. The van der Waals surface area contributed by atoms with Crippen molar-refractivity contribution in [3.05, 3.63) is 23.9 Å². The van der Waals surface area contributed by atoms with Crippen molar-refractivity contribution in [2.24, 2.45) is 11.8 Å². The van der Waals surface area contributed by atoms with Gasteiger partial charge < -0.3 is 4.74 Å². The van der Waals surface area contributed by atoms with Gasteiger partial charge in [0.15, 0.2) is 0 Å². The summed E-state index contributed by atoms with van der Waals surface area (Å²) in [6, 6.07) is 0. The molecule has 0 saturated heterocycles. The standard InChI is InChI=1S/C17H27NO2/c1-13-8-7-11-15(12-13)18-16(19)20-17(2,3)14-9-5-4-6-10-14/h7,11-14H,4-6,8-10H2,1-3H3,(H,18,19). The van der Waals surface area contributed by atoms with Crippen LogP contribution in [0.25, 0.3) is 0 Å². The van der Waals surface area contributed by atoms with Gasteiger partial charge in [-0.25, -0.2) is 4.79 Å². The van der Waals surface area contributed by atoms with Gasteiger partial charge in [0, 0.05) is 5.70 Å². The third-order valence-corrected chi connectivity index (χ3v) is 4.46. The Labute approximate surface area is 122 Å². The molecule has 1 amide bonds. The smallest absolute Gasteiger partial charge is 0.412 e. The number of hydrogen-bond acceptors (Lipinski definition) is 2. The first-order chi connectivity index (χ1) is 9.47. The van der Waals surface area contributed by atoms with Crippen LogP contribution in [0, 0.1) is 11.8 Å². The third kappa shape index (κ3) is 4.12. The van der Waals surface area contributed by atoms with Crippen LogP contribution in [0.4, 0.5) is 4.79 Å². The van der Waals surface area contributed by atoms with Gasteiger partial charge in [0.1, 0.15) is 5.60 Å². The molecule has 0 bridgehead atoms. The van der Waals surface area contributed by atoms with E-state index in [2.05, 4.69) is 24.4 Å². The van der Waals surface area contributed by atoms with Crippen molar-refractivity contribution in [2.45, 2.75) is 64.9 Å². The first kappa shape index (κ1) is 15.1. The first-order valence-corrected chi connectivity index (χ1v) is 7.86. The molecule has 0 aromatic heterocycles. The largest absolute Gasteiger partial charge is 0.443 e. The maximum Gasteiger partial charge on any atom is 0.412 e. The van der Waals surface area contributed by atoms with E-state index in [4.69, 9.17) is 4.74 Å². The van der Waals surface area contributed by atoms with Gasteiger partial charge in [0.05, 0.1) is 0 Å². The minimum absolute atomic E-state index is 0.328. The topological polar surface area (TPSA) is 38.3 Å². The van der Waals surface area contributed by atoms with Crippen LogP contribution in [0.15, 0.2) is 23.9 Å². The fourth-order valence-corrected chi connectivity index (χ4v) is 3.19. The lowest BCUT2D eigenvalue weighted by atomic mass is 9.79. The second-order valence-electron chi connectivity index (χ2n) is 6.69. The Bertz CT molecular complexity index is 403. The number of carbonyl (C=O) groups excluding carboxylic acids is 1. The minimum Gasteiger partial charge on any atom is -0.443 e. The third-order valence-electron chi connectivity index (χ3n) is 4.46. The summed E-state index contributed by atoms with van der Waals surface area (Å²) in [6.45, 7) is 6.22. The van der Waals surface area contributed by atoms with E-state index >= 15 is 0 Å². The summed E-state index contributed by atoms with van der Waals surface area (Å²) in [4.78, 5) is 12.1. The molecular formula is C17H27NO2. The van der Waals surface area contributed by atoms with Crippen LogP contribution in [-0.4, -0.2) is 11.7 Å². The minimum atomic E-state index is -0.380. The number of hydrogen-bond donors (Lipinski definition) is 1. The summed E-state index contributed by atoms with van der Waals surface area (Å²) in [5, 5.41) is 2.86. The highest BCUT2D eigenvalue weighted by molar-refractivity contribution is 5.71. The van der Waals surface area contributed by atoms with E-state index in [0.717, 1.165) is 12.1 Å². The van der Waals surface area contributed by atoms with Crippen LogP contribution in [0.1, 0.15) is 59.3 Å². The molecule has 1 saturated carbocycles. The fourth-order valence-electron chi connectivity index (χ4n) is 3.19. The van der Waals surface area contributed by atoms with Crippen LogP contribution < -0.4 is 5.32 Å². The number of ether oxygens (including phenoxy) is 1. The molecule has 1 unspecified atom stereocenters. The molecule has 2 aliphatic carbocycles. The lowest BCUT2D eigenvalue weighted by molar-refractivity contribution is -0.0172. The molecule has 20 heavy (non-hydrogen) atoms. The van der Waals surface area contributed by atoms with E-state index in [1.807, 2.05) is 19.9 Å². The summed E-state index contributed by atoms with van der Waals surface area (Å²) in [7, 11) is 0. The second-order valence-corrected chi connectivity index (χ2v) is 6.69. The lowest BCUT2D eigenvalue weighted by Gasteiger charge is -2.36. The highest BCUT2D eigenvalue weighted by atomic mass is 16.6. The molecule has 112 valence electrons. The van der Waals surface area contributed by atoms with E-state index in [-0.39, 0.29) is 11.7 Å². The van der Waals surface area contributed by atoms with Gasteiger partial charge in [0.25, 0.3) is 0 Å². The van der Waals surface area contributed by atoms with Crippen molar-refractivity contribution < 1.29 is 9.53 Å². The van der Waals surface area contributed by atoms with Gasteiger partial charge in [-0.3, -0.25) is 5.32 Å². The molecule has 3 nitrogen and oxygen atoms in total. The van der Waals surface area contributed by atoms with Crippen LogP contribution in [-0.2, 0) is 4.74 Å². The summed E-state index contributed by atoms with van der Waals surface area (Å²) < 4.78 is 5.69. The number of allylic oxidation sites excluding steroid dienone is 3. The summed E-state index contributed by atoms with van der Waals surface area (Å²) in [6.07, 6.45) is 13.0. The number of amides is 1. The summed E-state index contributed by atoms with van der Waals surface area (Å²) in [5.74, 6) is 0.957. The molecular weight excluding hydrogens is 250 g/mol. The van der Waals surface area contributed by atoms with Crippen molar-refractivity contribution in [3.8, 4) is 0 Å². The molecule has 0 radical (unpaired) electrons. The van der Waals surface area contributed by atoms with Crippen molar-refractivity contribution in [1.29, 1.82) is 0 Å². The zero-order valence-corrected chi connectivity index (χ0v) is 12.9. The zero-order valence-electron chi connectivity index (χ0n) is 12.9. The Hall–Kier alpha value is -1.25. The molecule has 0 heterocycles. The van der Waals surface area contributed by atoms with Gasteiger partial charge >= 0.3 is 6.09 Å². The monoisotopic (exact) mass is 277 g/mol. The summed E-state index contributed by atoms with van der Waals surface area (Å²) >= 11 is 0. The van der Waals surface area contributed by atoms with Crippen molar-refractivity contribution in [2.75, 3.05) is 0 Å². The van der Waals surface area contributed by atoms with Gasteiger partial charge in [-0.05, 0) is 51.0 Å². The molecule has 0 aliphatic heterocycles. The molecule has 1 atom stereocenters. The van der Waals surface area contributed by atoms with Gasteiger partial charge in [-0.15, -0.1) is 0 Å². The van der Waals surface area contributed by atoms with E-state index in [0.29, 0.717) is 11.8 Å². The molecule has 0 spiro atoms. The van der Waals surface area contributed by atoms with Crippen LogP contribution in [0.5, 0.6) is 0 Å². The maximum atomic E-state index is 12.1. The Morgan fingerprint density at radius 3 is 2.65 bits per heavy atom. The van der Waals surface area contributed by atoms with Crippen molar-refractivity contribution in [1.82, 2.24) is 5.32 Å². The molecule has 2 rings (SSSR count). The van der Waals surface area contributed by atoms with Crippen LogP contribution in [0.3, 0.4) is 0 Å². The quantitative estimate of drug-likeness (QED) is 0.821. The number of carbonyl (C=O) groups is 1. The second kappa shape index (κ2) is 6.47. The molecule has 2 aliphatic rings. The molecule has 0 aromatic rings. The maximum absolute atomic E-state index is 12.1. The summed E-state index contributed by atoms with van der Waals surface area (Å²) in [5.41, 5.74) is 0.475. The Balaban J connectivity index is 1.88. The van der Waals surface area contributed by atoms with Gasteiger partial charge in [-0.1, -0.05) is 38.3 Å². The average molecular weight is 277 g/mol. The number of nitrogens with one attached hydrogen (secondary N) is 1. The first-order valence-electron chi connectivity index (χ1n) is 7.86. The number of alkyl carbamates (subject to hydrolysis) is 1. The molecule has 1 N–H and O–H groups in total. The van der Waals surface area contributed by atoms with E-state index in [9.17, 15) is 4.79 Å². The molecule has 1 fully saturated rings. The van der Waals surface area contributed by atoms with Crippen LogP contribution in [0.2, 0.25) is 0 Å². The predicted molar refractivity (Wildman–Crippen MR) is 81.3 cm³/mol. The van der Waals surface area contributed by atoms with Crippen molar-refractivity contribution in [3.63, 3.8) is 0 Å². The number of rotatable bonds is 3. The Morgan fingerprint density at radius 2 is 2.00 bits per heavy atom. The average Bonchev–Trinajstić information content (AvgIpc) is 2.39. The molecule has 3 heteroatoms. The van der Waals surface area contributed by atoms with Crippen molar-refractivity contribution >= 4 is 6.09 Å². The Kier molecular flexibility index (Phi) is 4.90. The van der Waals surface area contributed by atoms with Crippen LogP contribution >= 0.6 is 0 Å². The zero-order chi connectivity index (χ0) is 14.6. The lowest BCUT2D eigenvalue weighted by Crippen LogP contribution is -2.41. The van der Waals surface area contributed by atoms with E-state index in [1.165, 1.54) is 32.1 Å². The molecule has 0 aromatic carbocycles. The predicted octanol–water partition coefficient (Wildman–Crippen LogP) is 4.55. The van der Waals surface area contributed by atoms with Gasteiger partial charge in [0.2, 0.25) is 0 Å². The highest BCUT2D eigenvalue weighted by Crippen LogP contribution is 2.34. The Morgan fingerprint density at radius 1 is 1.30 bits per heavy atom.